The second-order valence-corrected chi connectivity index (χ2v) is 4.93. The molecule has 0 bridgehead atoms. The summed E-state index contributed by atoms with van der Waals surface area (Å²) in [6.45, 7) is 1.40. The molecule has 0 radical (unpaired) electrons. The van der Waals surface area contributed by atoms with Crippen molar-refractivity contribution in [3.8, 4) is 16.9 Å². The molecule has 0 unspecified atom stereocenters. The van der Waals surface area contributed by atoms with Gasteiger partial charge in [-0.25, -0.2) is 4.39 Å². The molecule has 0 fully saturated rings. The van der Waals surface area contributed by atoms with Gasteiger partial charge < -0.3 is 5.11 Å². The zero-order chi connectivity index (χ0) is 15.0. The van der Waals surface area contributed by atoms with Gasteiger partial charge in [0.25, 0.3) is 0 Å². The molecule has 3 aromatic rings. The van der Waals surface area contributed by atoms with E-state index in [0.29, 0.717) is 10.8 Å². The minimum absolute atomic E-state index is 0.0998. The fourth-order valence-electron chi connectivity index (χ4n) is 2.51. The molecule has 0 aliphatic heterocycles. The summed E-state index contributed by atoms with van der Waals surface area (Å²) in [5.74, 6) is -0.706. The molecule has 0 aromatic heterocycles. The Kier molecular flexibility index (Phi) is 3.18. The summed E-state index contributed by atoms with van der Waals surface area (Å²) in [6.07, 6.45) is 0. The van der Waals surface area contributed by atoms with E-state index < -0.39 is 0 Å². The molecule has 104 valence electrons. The molecular formula is C18H13FO2. The molecule has 0 spiro atoms. The molecule has 0 aliphatic carbocycles. The Bertz CT molecular complexity index is 839. The number of rotatable bonds is 2. The van der Waals surface area contributed by atoms with E-state index in [4.69, 9.17) is 0 Å². The van der Waals surface area contributed by atoms with Crippen molar-refractivity contribution >= 4 is 16.6 Å². The van der Waals surface area contributed by atoms with E-state index in [1.54, 1.807) is 6.07 Å². The Morgan fingerprint density at radius 2 is 1.71 bits per heavy atom. The first-order valence-electron chi connectivity index (χ1n) is 6.59. The van der Waals surface area contributed by atoms with Crippen LogP contribution in [0.1, 0.15) is 17.3 Å². The first-order chi connectivity index (χ1) is 10.1. The van der Waals surface area contributed by atoms with Crippen molar-refractivity contribution in [2.45, 2.75) is 6.92 Å². The number of Topliss-reactive ketones (excluding diaryl/α,β-unsaturated/α-hetero) is 1. The lowest BCUT2D eigenvalue weighted by atomic mass is 9.93. The SMILES string of the molecule is CC(=O)c1cc(-c2ccccc2)c2cc(F)ccc2c1O. The summed E-state index contributed by atoms with van der Waals surface area (Å²) in [5.41, 5.74) is 1.84. The second-order valence-electron chi connectivity index (χ2n) is 4.93. The van der Waals surface area contributed by atoms with Gasteiger partial charge >= 0.3 is 0 Å². The van der Waals surface area contributed by atoms with Gasteiger partial charge in [0.1, 0.15) is 11.6 Å². The third kappa shape index (κ3) is 2.27. The molecule has 2 nitrogen and oxygen atoms in total. The molecule has 0 atom stereocenters. The highest BCUT2D eigenvalue weighted by Crippen LogP contribution is 2.37. The minimum Gasteiger partial charge on any atom is -0.507 e. The highest BCUT2D eigenvalue weighted by molar-refractivity contribution is 6.09. The van der Waals surface area contributed by atoms with Crippen LogP contribution in [0.2, 0.25) is 0 Å². The normalized spacial score (nSPS) is 10.8. The fourth-order valence-corrected chi connectivity index (χ4v) is 2.51. The van der Waals surface area contributed by atoms with Gasteiger partial charge in [-0.2, -0.15) is 0 Å². The van der Waals surface area contributed by atoms with Crippen LogP contribution in [-0.4, -0.2) is 10.9 Å². The molecule has 0 saturated carbocycles. The summed E-state index contributed by atoms with van der Waals surface area (Å²) in [7, 11) is 0. The molecule has 0 aliphatic rings. The fraction of sp³-hybridized carbons (Fsp3) is 0.0556. The Balaban J connectivity index is 2.44. The summed E-state index contributed by atoms with van der Waals surface area (Å²) in [5, 5.41) is 11.3. The van der Waals surface area contributed by atoms with Crippen LogP contribution in [0.15, 0.2) is 54.6 Å². The molecule has 3 aromatic carbocycles. The van der Waals surface area contributed by atoms with Crippen LogP contribution in [-0.2, 0) is 0 Å². The Labute approximate surface area is 121 Å². The number of aromatic hydroxyl groups is 1. The van der Waals surface area contributed by atoms with Gasteiger partial charge in [0.05, 0.1) is 5.56 Å². The average Bonchev–Trinajstić information content (AvgIpc) is 2.48. The van der Waals surface area contributed by atoms with Crippen molar-refractivity contribution in [2.24, 2.45) is 0 Å². The van der Waals surface area contributed by atoms with E-state index >= 15 is 0 Å². The highest BCUT2D eigenvalue weighted by atomic mass is 19.1. The van der Waals surface area contributed by atoms with Crippen molar-refractivity contribution in [3.63, 3.8) is 0 Å². The third-order valence-corrected chi connectivity index (χ3v) is 3.53. The van der Waals surface area contributed by atoms with Gasteiger partial charge in [0.2, 0.25) is 0 Å². The van der Waals surface area contributed by atoms with Crippen LogP contribution >= 0.6 is 0 Å². The quantitative estimate of drug-likeness (QED) is 0.699. The smallest absolute Gasteiger partial charge is 0.163 e. The maximum atomic E-state index is 13.6. The van der Waals surface area contributed by atoms with Crippen molar-refractivity contribution in [1.29, 1.82) is 0 Å². The van der Waals surface area contributed by atoms with E-state index in [9.17, 15) is 14.3 Å². The number of carbonyl (C=O) groups excluding carboxylic acids is 1. The molecular weight excluding hydrogens is 267 g/mol. The van der Waals surface area contributed by atoms with Crippen LogP contribution < -0.4 is 0 Å². The van der Waals surface area contributed by atoms with Crippen molar-refractivity contribution in [2.75, 3.05) is 0 Å². The van der Waals surface area contributed by atoms with E-state index in [0.717, 1.165) is 11.1 Å². The minimum atomic E-state index is -0.380. The average molecular weight is 280 g/mol. The van der Waals surface area contributed by atoms with E-state index in [2.05, 4.69) is 0 Å². The third-order valence-electron chi connectivity index (χ3n) is 3.53. The molecule has 0 amide bonds. The Morgan fingerprint density at radius 3 is 2.38 bits per heavy atom. The summed E-state index contributed by atoms with van der Waals surface area (Å²) < 4.78 is 13.6. The second kappa shape index (κ2) is 5.02. The zero-order valence-corrected chi connectivity index (χ0v) is 11.4. The van der Waals surface area contributed by atoms with Crippen LogP contribution in [0.3, 0.4) is 0 Å². The lowest BCUT2D eigenvalue weighted by Crippen LogP contribution is -1.96. The highest BCUT2D eigenvalue weighted by Gasteiger charge is 2.15. The lowest BCUT2D eigenvalue weighted by molar-refractivity contribution is 0.101. The maximum absolute atomic E-state index is 13.6. The van der Waals surface area contributed by atoms with E-state index in [1.165, 1.54) is 25.1 Å². The summed E-state index contributed by atoms with van der Waals surface area (Å²) >= 11 is 0. The topological polar surface area (TPSA) is 37.3 Å². The van der Waals surface area contributed by atoms with Gasteiger partial charge in [0.15, 0.2) is 5.78 Å². The predicted molar refractivity (Wildman–Crippen MR) is 81.0 cm³/mol. The maximum Gasteiger partial charge on any atom is 0.163 e. The number of hydrogen-bond donors (Lipinski definition) is 1. The Hall–Kier alpha value is -2.68. The lowest BCUT2D eigenvalue weighted by Gasteiger charge is -2.12. The Morgan fingerprint density at radius 1 is 1.00 bits per heavy atom. The number of phenolic OH excluding ortho intramolecular Hbond substituents is 1. The molecule has 0 saturated heterocycles. The van der Waals surface area contributed by atoms with Gasteiger partial charge in [0, 0.05) is 5.39 Å². The van der Waals surface area contributed by atoms with Crippen molar-refractivity contribution < 1.29 is 14.3 Å². The van der Waals surface area contributed by atoms with Crippen LogP contribution in [0.4, 0.5) is 4.39 Å². The van der Waals surface area contributed by atoms with Crippen LogP contribution in [0.25, 0.3) is 21.9 Å². The summed E-state index contributed by atoms with van der Waals surface area (Å²) in [4.78, 5) is 11.7. The first kappa shape index (κ1) is 13.3. The van der Waals surface area contributed by atoms with Gasteiger partial charge in [-0.3, -0.25) is 4.79 Å². The van der Waals surface area contributed by atoms with Crippen LogP contribution in [0, 0.1) is 5.82 Å². The van der Waals surface area contributed by atoms with E-state index in [-0.39, 0.29) is 22.9 Å². The molecule has 21 heavy (non-hydrogen) atoms. The number of phenols is 1. The molecule has 3 heteroatoms. The van der Waals surface area contributed by atoms with Crippen LogP contribution in [0.5, 0.6) is 5.75 Å². The van der Waals surface area contributed by atoms with Gasteiger partial charge in [-0.15, -0.1) is 0 Å². The first-order valence-corrected chi connectivity index (χ1v) is 6.59. The number of fused-ring (bicyclic) bond motifs is 1. The number of benzene rings is 3. The van der Waals surface area contributed by atoms with Gasteiger partial charge in [-0.05, 0) is 47.7 Å². The number of hydrogen-bond acceptors (Lipinski definition) is 2. The predicted octanol–water partition coefficient (Wildman–Crippen LogP) is 4.55. The zero-order valence-electron chi connectivity index (χ0n) is 11.4. The monoisotopic (exact) mass is 280 g/mol. The number of ketones is 1. The molecule has 0 heterocycles. The largest absolute Gasteiger partial charge is 0.507 e. The standard InChI is InChI=1S/C18H13FO2/c1-11(20)15-10-16(12-5-3-2-4-6-12)17-9-13(19)7-8-14(17)18(15)21/h2-10,21H,1H3. The van der Waals surface area contributed by atoms with Gasteiger partial charge in [-0.1, -0.05) is 30.3 Å². The molecule has 1 N–H and O–H groups in total. The van der Waals surface area contributed by atoms with E-state index in [1.807, 2.05) is 30.3 Å². The van der Waals surface area contributed by atoms with Crippen molar-refractivity contribution in [1.82, 2.24) is 0 Å². The number of carbonyl (C=O) groups is 1. The molecule has 3 rings (SSSR count). The van der Waals surface area contributed by atoms with Crippen molar-refractivity contribution in [3.05, 3.63) is 66.0 Å². The number of halogens is 1. The summed E-state index contributed by atoms with van der Waals surface area (Å²) in [6, 6.07) is 15.2.